The van der Waals surface area contributed by atoms with Gasteiger partial charge in [-0.1, -0.05) is 194 Å². The SMILES string of the molecule is c1ccc(-c2ccc(-c3nc(-c4ccc(-c5cccc6c5sc5ccccc56)cc4)nc(-c4cccc(-c5cccc6ccccc56)c4)n3)c(-n3c4ccccc4c4ccccc43)c2)cc1. The summed E-state index contributed by atoms with van der Waals surface area (Å²) < 4.78 is 4.96. The Kier molecular flexibility index (Phi) is 9.00. The van der Waals surface area contributed by atoms with Crippen LogP contribution in [0.15, 0.2) is 231 Å². The van der Waals surface area contributed by atoms with E-state index in [1.807, 2.05) is 11.3 Å². The van der Waals surface area contributed by atoms with Gasteiger partial charge < -0.3 is 4.57 Å². The minimum atomic E-state index is 0.598. The first-order chi connectivity index (χ1) is 32.7. The molecule has 0 spiro atoms. The van der Waals surface area contributed by atoms with E-state index >= 15 is 0 Å². The third-order valence-corrected chi connectivity index (χ3v) is 14.1. The second-order valence-electron chi connectivity index (χ2n) is 16.7. The first kappa shape index (κ1) is 38.0. The summed E-state index contributed by atoms with van der Waals surface area (Å²) in [6.07, 6.45) is 0. The Hall–Kier alpha value is -8.51. The molecule has 13 rings (SSSR count). The van der Waals surface area contributed by atoms with Crippen molar-refractivity contribution >= 4 is 64.1 Å². The van der Waals surface area contributed by atoms with E-state index in [-0.39, 0.29) is 0 Å². The highest BCUT2D eigenvalue weighted by atomic mass is 32.1. The molecule has 308 valence electrons. The summed E-state index contributed by atoms with van der Waals surface area (Å²) in [5.74, 6) is 1.81. The molecule has 66 heavy (non-hydrogen) atoms. The topological polar surface area (TPSA) is 43.6 Å². The van der Waals surface area contributed by atoms with E-state index in [0.717, 1.165) is 55.7 Å². The third kappa shape index (κ3) is 6.40. The molecule has 0 saturated heterocycles. The van der Waals surface area contributed by atoms with Gasteiger partial charge in [0, 0.05) is 47.6 Å². The number of rotatable bonds is 7. The average Bonchev–Trinajstić information content (AvgIpc) is 3.95. The minimum absolute atomic E-state index is 0.598. The highest BCUT2D eigenvalue weighted by molar-refractivity contribution is 7.26. The molecule has 13 aromatic rings. The smallest absolute Gasteiger partial charge is 0.166 e. The molecule has 0 atom stereocenters. The van der Waals surface area contributed by atoms with Crippen LogP contribution in [0.3, 0.4) is 0 Å². The lowest BCUT2D eigenvalue weighted by Gasteiger charge is -2.16. The van der Waals surface area contributed by atoms with Crippen molar-refractivity contribution in [2.45, 2.75) is 0 Å². The molecule has 0 amide bonds. The average molecular weight is 859 g/mol. The van der Waals surface area contributed by atoms with Crippen LogP contribution >= 0.6 is 11.3 Å². The fraction of sp³-hybridized carbons (Fsp3) is 0. The van der Waals surface area contributed by atoms with Gasteiger partial charge in [0.15, 0.2) is 17.5 Å². The zero-order valence-corrected chi connectivity index (χ0v) is 36.5. The molecule has 0 N–H and O–H groups in total. The fourth-order valence-corrected chi connectivity index (χ4v) is 11.0. The van der Waals surface area contributed by atoms with Crippen molar-refractivity contribution in [2.75, 3.05) is 0 Å². The maximum Gasteiger partial charge on any atom is 0.166 e. The molecule has 0 aliphatic heterocycles. The molecule has 0 unspecified atom stereocenters. The lowest BCUT2D eigenvalue weighted by atomic mass is 9.97. The number of thiophene rings is 1. The minimum Gasteiger partial charge on any atom is -0.308 e. The molecule has 5 heteroatoms. The van der Waals surface area contributed by atoms with Crippen molar-refractivity contribution < 1.29 is 0 Å². The van der Waals surface area contributed by atoms with Crippen LogP contribution in [0.4, 0.5) is 0 Å². The summed E-state index contributed by atoms with van der Waals surface area (Å²) in [5.41, 5.74) is 12.8. The second-order valence-corrected chi connectivity index (χ2v) is 17.8. The fourth-order valence-electron chi connectivity index (χ4n) is 9.73. The van der Waals surface area contributed by atoms with Crippen LogP contribution in [0, 0.1) is 0 Å². The summed E-state index contributed by atoms with van der Waals surface area (Å²) in [4.78, 5) is 16.1. The third-order valence-electron chi connectivity index (χ3n) is 12.9. The van der Waals surface area contributed by atoms with E-state index in [0.29, 0.717) is 17.5 Å². The van der Waals surface area contributed by atoms with Crippen LogP contribution in [-0.2, 0) is 0 Å². The molecular formula is C61H38N4S. The second kappa shape index (κ2) is 15.6. The molecule has 3 heterocycles. The van der Waals surface area contributed by atoms with Gasteiger partial charge in [-0.15, -0.1) is 11.3 Å². The summed E-state index contributed by atoms with van der Waals surface area (Å²) in [6.45, 7) is 0. The molecule has 10 aromatic carbocycles. The summed E-state index contributed by atoms with van der Waals surface area (Å²) in [5, 5.41) is 7.37. The first-order valence-electron chi connectivity index (χ1n) is 22.3. The van der Waals surface area contributed by atoms with Crippen molar-refractivity contribution in [3.63, 3.8) is 0 Å². The van der Waals surface area contributed by atoms with Gasteiger partial charge in [0.25, 0.3) is 0 Å². The highest BCUT2D eigenvalue weighted by Gasteiger charge is 2.21. The zero-order chi connectivity index (χ0) is 43.6. The molecule has 0 radical (unpaired) electrons. The molecule has 0 aliphatic carbocycles. The first-order valence-corrected chi connectivity index (χ1v) is 23.1. The standard InChI is InChI=1S/C61H38N4S/c1-2-15-39(16-3-1)43-35-36-53(56(38-43)65-54-28-9-6-22-49(54)50-23-7-10-29-55(50)65)61-63-59(42-33-31-41(32-34-42)48-26-14-27-52-51-24-8-11-30-57(51)66-58(48)52)62-60(64-61)45-20-12-19-44(37-45)47-25-13-18-40-17-4-5-21-46(40)47/h1-38H. The van der Waals surface area contributed by atoms with Crippen LogP contribution in [0.25, 0.3) is 126 Å². The van der Waals surface area contributed by atoms with Gasteiger partial charge >= 0.3 is 0 Å². The lowest BCUT2D eigenvalue weighted by molar-refractivity contribution is 1.06. The van der Waals surface area contributed by atoms with Gasteiger partial charge in [0.05, 0.1) is 16.7 Å². The molecular weight excluding hydrogens is 821 g/mol. The van der Waals surface area contributed by atoms with Crippen LogP contribution in [0.5, 0.6) is 0 Å². The summed E-state index contributed by atoms with van der Waals surface area (Å²) >= 11 is 1.85. The molecule has 3 aromatic heterocycles. The summed E-state index contributed by atoms with van der Waals surface area (Å²) in [6, 6.07) is 82.2. The molecule has 0 aliphatic rings. The van der Waals surface area contributed by atoms with Gasteiger partial charge in [-0.05, 0) is 80.6 Å². The Labute approximate surface area is 385 Å². The van der Waals surface area contributed by atoms with Crippen LogP contribution < -0.4 is 0 Å². The lowest BCUT2D eigenvalue weighted by Crippen LogP contribution is -2.04. The number of nitrogens with zero attached hydrogens (tertiary/aromatic N) is 4. The Morgan fingerprint density at radius 1 is 0.303 bits per heavy atom. The van der Waals surface area contributed by atoms with Gasteiger partial charge in [-0.2, -0.15) is 0 Å². The van der Waals surface area contributed by atoms with E-state index in [1.54, 1.807) is 0 Å². The van der Waals surface area contributed by atoms with Crippen molar-refractivity contribution in [1.29, 1.82) is 0 Å². The van der Waals surface area contributed by atoms with Gasteiger partial charge in [0.1, 0.15) is 0 Å². The van der Waals surface area contributed by atoms with Crippen LogP contribution in [0.1, 0.15) is 0 Å². The van der Waals surface area contributed by atoms with Crippen molar-refractivity contribution in [3.05, 3.63) is 231 Å². The number of hydrogen-bond acceptors (Lipinski definition) is 4. The predicted octanol–water partition coefficient (Wildman–Crippen LogP) is 16.5. The van der Waals surface area contributed by atoms with Gasteiger partial charge in [-0.25, -0.2) is 15.0 Å². The van der Waals surface area contributed by atoms with E-state index < -0.39 is 0 Å². The van der Waals surface area contributed by atoms with E-state index in [1.165, 1.54) is 52.8 Å². The zero-order valence-electron chi connectivity index (χ0n) is 35.6. The number of aromatic nitrogens is 4. The van der Waals surface area contributed by atoms with Gasteiger partial charge in [0.2, 0.25) is 0 Å². The Bertz CT molecular complexity index is 3940. The molecule has 0 saturated carbocycles. The van der Waals surface area contributed by atoms with Crippen molar-refractivity contribution in [1.82, 2.24) is 19.5 Å². The largest absolute Gasteiger partial charge is 0.308 e. The Morgan fingerprint density at radius 2 is 0.848 bits per heavy atom. The van der Waals surface area contributed by atoms with E-state index in [2.05, 4.69) is 235 Å². The van der Waals surface area contributed by atoms with Crippen molar-refractivity contribution in [3.8, 4) is 73.2 Å². The normalized spacial score (nSPS) is 11.6. The van der Waals surface area contributed by atoms with Gasteiger partial charge in [-0.3, -0.25) is 0 Å². The van der Waals surface area contributed by atoms with E-state index in [9.17, 15) is 0 Å². The number of hydrogen-bond donors (Lipinski definition) is 0. The van der Waals surface area contributed by atoms with Crippen LogP contribution in [-0.4, -0.2) is 19.5 Å². The summed E-state index contributed by atoms with van der Waals surface area (Å²) in [7, 11) is 0. The quantitative estimate of drug-likeness (QED) is 0.160. The maximum absolute atomic E-state index is 5.42. The Morgan fingerprint density at radius 3 is 1.65 bits per heavy atom. The number of fused-ring (bicyclic) bond motifs is 7. The highest BCUT2D eigenvalue weighted by Crippen LogP contribution is 2.42. The number of benzene rings is 10. The molecule has 4 nitrogen and oxygen atoms in total. The molecule has 0 fully saturated rings. The maximum atomic E-state index is 5.42. The monoisotopic (exact) mass is 858 g/mol. The molecule has 0 bridgehead atoms. The van der Waals surface area contributed by atoms with Crippen molar-refractivity contribution in [2.24, 2.45) is 0 Å². The Balaban J connectivity index is 1.02. The number of para-hydroxylation sites is 2. The predicted molar refractivity (Wildman–Crippen MR) is 277 cm³/mol. The van der Waals surface area contributed by atoms with Crippen LogP contribution in [0.2, 0.25) is 0 Å². The van der Waals surface area contributed by atoms with E-state index in [4.69, 9.17) is 15.0 Å².